The van der Waals surface area contributed by atoms with Crippen molar-refractivity contribution in [2.45, 2.75) is 19.8 Å². The lowest BCUT2D eigenvalue weighted by molar-refractivity contribution is -0.121. The number of halogens is 3. The molecule has 0 bridgehead atoms. The van der Waals surface area contributed by atoms with Crippen molar-refractivity contribution in [3.63, 3.8) is 0 Å². The lowest BCUT2D eigenvalue weighted by atomic mass is 9.96. The zero-order chi connectivity index (χ0) is 21.0. The van der Waals surface area contributed by atoms with Crippen LogP contribution in [0.5, 0.6) is 5.75 Å². The van der Waals surface area contributed by atoms with Gasteiger partial charge in [0, 0.05) is 23.7 Å². The van der Waals surface area contributed by atoms with E-state index in [1.54, 1.807) is 17.0 Å². The molecule has 1 fully saturated rings. The Hall–Kier alpha value is -2.12. The van der Waals surface area contributed by atoms with Gasteiger partial charge in [-0.25, -0.2) is 4.39 Å². The molecule has 1 aliphatic heterocycles. The number of amides is 2. The number of nitrogens with one attached hydrogen (secondary N) is 1. The summed E-state index contributed by atoms with van der Waals surface area (Å²) in [7, 11) is 0. The Labute approximate surface area is 182 Å². The van der Waals surface area contributed by atoms with Gasteiger partial charge in [-0.15, -0.1) is 0 Å². The van der Waals surface area contributed by atoms with Crippen LogP contribution < -0.4 is 10.1 Å². The van der Waals surface area contributed by atoms with Crippen molar-refractivity contribution in [3.8, 4) is 5.75 Å². The quantitative estimate of drug-likeness (QED) is 0.641. The molecule has 5 nitrogen and oxygen atoms in total. The third-order valence-corrected chi connectivity index (χ3v) is 5.53. The fourth-order valence-electron chi connectivity index (χ4n) is 3.33. The van der Waals surface area contributed by atoms with Crippen molar-refractivity contribution >= 4 is 45.0 Å². The normalized spacial score (nSPS) is 16.4. The number of likely N-dealkylation sites (tertiary alicyclic amines) is 1. The van der Waals surface area contributed by atoms with Gasteiger partial charge in [-0.2, -0.15) is 0 Å². The van der Waals surface area contributed by atoms with Crippen molar-refractivity contribution in [1.82, 2.24) is 4.90 Å². The van der Waals surface area contributed by atoms with Gasteiger partial charge in [0.1, 0.15) is 5.82 Å². The van der Waals surface area contributed by atoms with E-state index in [4.69, 9.17) is 16.3 Å². The average Bonchev–Trinajstić information content (AvgIpc) is 2.70. The zero-order valence-corrected chi connectivity index (χ0v) is 18.2. The number of anilines is 1. The Morgan fingerprint density at radius 1 is 1.31 bits per heavy atom. The molecule has 1 unspecified atom stereocenters. The molecule has 0 spiro atoms. The summed E-state index contributed by atoms with van der Waals surface area (Å²) in [5.41, 5.74) is 0.892. The molecule has 8 heteroatoms. The van der Waals surface area contributed by atoms with Crippen molar-refractivity contribution in [2.24, 2.45) is 5.92 Å². The summed E-state index contributed by atoms with van der Waals surface area (Å²) in [6.45, 7) is 3.15. The number of benzene rings is 2. The molecule has 0 radical (unpaired) electrons. The first kappa shape index (κ1) is 21.6. The lowest BCUT2D eigenvalue weighted by Gasteiger charge is -2.32. The largest absolute Gasteiger partial charge is 0.491 e. The van der Waals surface area contributed by atoms with Gasteiger partial charge in [0.2, 0.25) is 5.91 Å². The molecule has 0 aliphatic carbocycles. The summed E-state index contributed by atoms with van der Waals surface area (Å²) in [6, 6.07) is 8.77. The summed E-state index contributed by atoms with van der Waals surface area (Å²) >= 11 is 9.52. The number of piperidine rings is 1. The third-order valence-electron chi connectivity index (χ3n) is 4.73. The summed E-state index contributed by atoms with van der Waals surface area (Å²) < 4.78 is 19.4. The predicted molar refractivity (Wildman–Crippen MR) is 114 cm³/mol. The first-order valence-electron chi connectivity index (χ1n) is 9.36. The van der Waals surface area contributed by atoms with Crippen molar-refractivity contribution in [1.29, 1.82) is 0 Å². The lowest BCUT2D eigenvalue weighted by Crippen LogP contribution is -2.43. The molecule has 1 heterocycles. The molecule has 1 saturated heterocycles. The van der Waals surface area contributed by atoms with Gasteiger partial charge in [-0.1, -0.05) is 11.6 Å². The summed E-state index contributed by atoms with van der Waals surface area (Å²) in [5.74, 6) is -0.643. The summed E-state index contributed by atoms with van der Waals surface area (Å²) in [5, 5.41) is 3.35. The van der Waals surface area contributed by atoms with Gasteiger partial charge in [-0.05, 0) is 72.1 Å². The van der Waals surface area contributed by atoms with E-state index in [-0.39, 0.29) is 17.7 Å². The molecule has 2 aromatic rings. The van der Waals surface area contributed by atoms with Gasteiger partial charge >= 0.3 is 0 Å². The maximum absolute atomic E-state index is 13.1. The molecular weight excluding hydrogens is 463 g/mol. The average molecular weight is 484 g/mol. The van der Waals surface area contributed by atoms with Crippen molar-refractivity contribution < 1.29 is 18.7 Å². The van der Waals surface area contributed by atoms with Crippen molar-refractivity contribution in [2.75, 3.05) is 25.0 Å². The van der Waals surface area contributed by atoms with E-state index in [0.717, 1.165) is 0 Å². The zero-order valence-electron chi connectivity index (χ0n) is 15.9. The smallest absolute Gasteiger partial charge is 0.253 e. The maximum Gasteiger partial charge on any atom is 0.253 e. The number of nitrogens with zero attached hydrogens (tertiary/aromatic N) is 1. The summed E-state index contributed by atoms with van der Waals surface area (Å²) in [6.07, 6.45) is 1.38. The third kappa shape index (κ3) is 5.28. The Kier molecular flexibility index (Phi) is 7.14. The molecule has 2 aromatic carbocycles. The first-order valence-corrected chi connectivity index (χ1v) is 10.5. The van der Waals surface area contributed by atoms with Gasteiger partial charge in [-0.3, -0.25) is 9.59 Å². The van der Waals surface area contributed by atoms with Crippen LogP contribution in [0.3, 0.4) is 0 Å². The minimum Gasteiger partial charge on any atom is -0.491 e. The second-order valence-corrected chi connectivity index (χ2v) is 8.07. The van der Waals surface area contributed by atoms with E-state index in [9.17, 15) is 14.0 Å². The number of carbonyl (C=O) groups is 2. The number of hydrogen-bond acceptors (Lipinski definition) is 3. The maximum atomic E-state index is 13.1. The Morgan fingerprint density at radius 3 is 2.72 bits per heavy atom. The van der Waals surface area contributed by atoms with Crippen LogP contribution in [0.25, 0.3) is 0 Å². The molecular formula is C21H21BrClFN2O3. The van der Waals surface area contributed by atoms with Crippen LogP contribution in [0, 0.1) is 11.7 Å². The summed E-state index contributed by atoms with van der Waals surface area (Å²) in [4.78, 5) is 27.2. The van der Waals surface area contributed by atoms with E-state index in [1.807, 2.05) is 6.92 Å². The molecule has 1 atom stereocenters. The molecule has 0 saturated carbocycles. The molecule has 29 heavy (non-hydrogen) atoms. The SMILES string of the molecule is CCOc1c(Br)cc(Cl)cc1NC(=O)C1CCCN(C(=O)c2ccc(F)cc2)C1. The highest BCUT2D eigenvalue weighted by Crippen LogP contribution is 2.37. The molecule has 154 valence electrons. The standard InChI is InChI=1S/C21H21BrClFN2O3/c1-2-29-19-17(22)10-15(23)11-18(19)25-20(27)14-4-3-9-26(12-14)21(28)13-5-7-16(24)8-6-13/h5-8,10-11,14H,2-4,9,12H2,1H3,(H,25,27). The second kappa shape index (κ2) is 9.59. The van der Waals surface area contributed by atoms with Crippen LogP contribution in [0.2, 0.25) is 5.02 Å². The topological polar surface area (TPSA) is 58.6 Å². The fourth-order valence-corrected chi connectivity index (χ4v) is 4.25. The number of ether oxygens (including phenoxy) is 1. The van der Waals surface area contributed by atoms with Crippen LogP contribution in [0.1, 0.15) is 30.1 Å². The molecule has 1 N–H and O–H groups in total. The Balaban J connectivity index is 1.72. The van der Waals surface area contributed by atoms with Crippen molar-refractivity contribution in [3.05, 3.63) is 57.3 Å². The van der Waals surface area contributed by atoms with E-state index in [2.05, 4.69) is 21.2 Å². The number of carbonyl (C=O) groups excluding carboxylic acids is 2. The van der Waals surface area contributed by atoms with Crippen LogP contribution in [-0.2, 0) is 4.79 Å². The minimum atomic E-state index is -0.393. The van der Waals surface area contributed by atoms with E-state index in [1.165, 1.54) is 24.3 Å². The molecule has 2 amide bonds. The van der Waals surface area contributed by atoms with Gasteiger partial charge in [0.25, 0.3) is 5.91 Å². The highest BCUT2D eigenvalue weighted by molar-refractivity contribution is 9.10. The minimum absolute atomic E-state index is 0.197. The monoisotopic (exact) mass is 482 g/mol. The number of hydrogen-bond donors (Lipinski definition) is 1. The van der Waals surface area contributed by atoms with Gasteiger partial charge < -0.3 is 15.0 Å². The molecule has 0 aromatic heterocycles. The predicted octanol–water partition coefficient (Wildman–Crippen LogP) is 5.13. The number of rotatable bonds is 5. The highest BCUT2D eigenvalue weighted by Gasteiger charge is 2.29. The van der Waals surface area contributed by atoms with Gasteiger partial charge in [0.05, 0.1) is 22.7 Å². The Morgan fingerprint density at radius 2 is 2.03 bits per heavy atom. The van der Waals surface area contributed by atoms with Crippen LogP contribution in [-0.4, -0.2) is 36.4 Å². The fraction of sp³-hybridized carbons (Fsp3) is 0.333. The first-order chi connectivity index (χ1) is 13.9. The van der Waals surface area contributed by atoms with E-state index in [0.29, 0.717) is 59.0 Å². The highest BCUT2D eigenvalue weighted by atomic mass is 79.9. The van der Waals surface area contributed by atoms with Gasteiger partial charge in [0.15, 0.2) is 5.75 Å². The van der Waals surface area contributed by atoms with Crippen LogP contribution in [0.15, 0.2) is 40.9 Å². The molecule has 3 rings (SSSR count). The van der Waals surface area contributed by atoms with Crippen LogP contribution in [0.4, 0.5) is 10.1 Å². The molecule has 1 aliphatic rings. The van der Waals surface area contributed by atoms with E-state index < -0.39 is 5.82 Å². The van der Waals surface area contributed by atoms with Crippen LogP contribution >= 0.6 is 27.5 Å². The second-order valence-electron chi connectivity index (χ2n) is 6.78. The Bertz CT molecular complexity index is 908. The van der Waals surface area contributed by atoms with E-state index >= 15 is 0 Å².